The van der Waals surface area contributed by atoms with Crippen molar-refractivity contribution in [3.63, 3.8) is 0 Å². The molecule has 0 atom stereocenters. The summed E-state index contributed by atoms with van der Waals surface area (Å²) < 4.78 is 24.6. The van der Waals surface area contributed by atoms with Gasteiger partial charge in [0.25, 0.3) is 0 Å². The zero-order valence-corrected chi connectivity index (χ0v) is 46.1. The molecule has 0 aliphatic carbocycles. The van der Waals surface area contributed by atoms with E-state index in [9.17, 15) is 10.5 Å². The van der Waals surface area contributed by atoms with E-state index in [0.29, 0.717) is 16.7 Å². The number of benzene rings is 12. The lowest BCUT2D eigenvalue weighted by Crippen LogP contribution is -2.18. The van der Waals surface area contributed by atoms with Crippen LogP contribution in [0.25, 0.3) is 149 Å². The van der Waals surface area contributed by atoms with E-state index in [1.54, 1.807) is 20.3 Å². The SMILES string of the molecule is COc1ccc2c(c1)c1cc(OC)ccc1n2-c1c(-n2c3ccccc3c3ccccc32)c(-n2c3ccccc3c3ccccc32)c(-c2cc(C#N)cc(C#N)c2)c(-n2c3ccccc3c3ccccc32)c1-n1c2ccccc2c2ccccc21. The predicted molar refractivity (Wildman–Crippen MR) is 346 cm³/mol. The van der Waals surface area contributed by atoms with Crippen LogP contribution in [0.4, 0.5) is 0 Å². The number of methoxy groups -OCH3 is 2. The summed E-state index contributed by atoms with van der Waals surface area (Å²) in [4.78, 5) is 0. The van der Waals surface area contributed by atoms with Crippen molar-refractivity contribution in [1.82, 2.24) is 22.8 Å². The third-order valence-corrected chi connectivity index (χ3v) is 17.5. The van der Waals surface area contributed by atoms with Crippen molar-refractivity contribution < 1.29 is 9.47 Å². The van der Waals surface area contributed by atoms with Gasteiger partial charge in [-0.15, -0.1) is 0 Å². The first-order valence-electron chi connectivity index (χ1n) is 28.4. The summed E-state index contributed by atoms with van der Waals surface area (Å²) in [5, 5.41) is 33.0. The van der Waals surface area contributed by atoms with Crippen molar-refractivity contribution in [3.8, 4) is 63.2 Å². The van der Waals surface area contributed by atoms with E-state index in [1.165, 1.54) is 0 Å². The van der Waals surface area contributed by atoms with Gasteiger partial charge in [-0.2, -0.15) is 10.5 Å². The largest absolute Gasteiger partial charge is 0.497 e. The van der Waals surface area contributed by atoms with Crippen molar-refractivity contribution in [2.45, 2.75) is 0 Å². The Labute approximate surface area is 486 Å². The molecule has 17 rings (SSSR count). The van der Waals surface area contributed by atoms with E-state index in [0.717, 1.165) is 155 Å². The lowest BCUT2D eigenvalue weighted by atomic mass is 9.92. The summed E-state index contributed by atoms with van der Waals surface area (Å²) in [7, 11) is 3.44. The van der Waals surface area contributed by atoms with E-state index < -0.39 is 0 Å². The van der Waals surface area contributed by atoms with Gasteiger partial charge in [0.2, 0.25) is 0 Å². The maximum atomic E-state index is 11.2. The average Bonchev–Trinajstić information content (AvgIpc) is 1.69. The number of ether oxygens (including phenoxy) is 2. The quantitative estimate of drug-likeness (QED) is 0.152. The van der Waals surface area contributed by atoms with Crippen LogP contribution in [0.15, 0.2) is 249 Å². The summed E-state index contributed by atoms with van der Waals surface area (Å²) in [6, 6.07) is 93.0. The molecule has 5 aromatic heterocycles. The van der Waals surface area contributed by atoms with Crippen LogP contribution in [0, 0.1) is 22.7 Å². The lowest BCUT2D eigenvalue weighted by Gasteiger charge is -2.32. The molecule has 5 heterocycles. The van der Waals surface area contributed by atoms with Crippen molar-refractivity contribution >= 4 is 109 Å². The fourth-order valence-corrected chi connectivity index (χ4v) is 14.1. The van der Waals surface area contributed by atoms with Gasteiger partial charge in [-0.1, -0.05) is 146 Å². The Morgan fingerprint density at radius 2 is 0.494 bits per heavy atom. The highest BCUT2D eigenvalue weighted by Crippen LogP contribution is 2.55. The molecule has 17 aromatic rings. The molecule has 85 heavy (non-hydrogen) atoms. The zero-order chi connectivity index (χ0) is 56.6. The minimum absolute atomic E-state index is 0.363. The summed E-state index contributed by atoms with van der Waals surface area (Å²) >= 11 is 0. The number of hydrogen-bond acceptors (Lipinski definition) is 4. The van der Waals surface area contributed by atoms with E-state index in [1.807, 2.05) is 12.1 Å². The molecule has 12 aromatic carbocycles. The van der Waals surface area contributed by atoms with Gasteiger partial charge in [0.15, 0.2) is 0 Å². The molecule has 0 saturated heterocycles. The summed E-state index contributed by atoms with van der Waals surface area (Å²) in [5.74, 6) is 1.44. The van der Waals surface area contributed by atoms with Crippen LogP contribution in [0.2, 0.25) is 0 Å². The molecule has 0 unspecified atom stereocenters. The van der Waals surface area contributed by atoms with Crippen LogP contribution in [-0.4, -0.2) is 37.1 Å². The maximum absolute atomic E-state index is 11.2. The van der Waals surface area contributed by atoms with Gasteiger partial charge >= 0.3 is 0 Å². The molecular formula is C76H47N7O2. The monoisotopic (exact) mass is 1090 g/mol. The Morgan fingerprint density at radius 3 is 0.753 bits per heavy atom. The van der Waals surface area contributed by atoms with Gasteiger partial charge in [-0.25, -0.2) is 0 Å². The highest BCUT2D eigenvalue weighted by atomic mass is 16.5. The van der Waals surface area contributed by atoms with Crippen LogP contribution in [0.5, 0.6) is 11.5 Å². The third kappa shape index (κ3) is 6.72. The molecule has 0 amide bonds. The number of nitrogens with zero attached hydrogens (tertiary/aromatic N) is 7. The van der Waals surface area contributed by atoms with Crippen LogP contribution < -0.4 is 9.47 Å². The molecule has 0 bridgehead atoms. The number of para-hydroxylation sites is 8. The second-order valence-corrected chi connectivity index (χ2v) is 21.7. The molecular weight excluding hydrogens is 1040 g/mol. The molecule has 398 valence electrons. The van der Waals surface area contributed by atoms with Gasteiger partial charge in [0, 0.05) is 59.4 Å². The number of aromatic nitrogens is 5. The topological polar surface area (TPSA) is 90.7 Å². The minimum atomic E-state index is 0.363. The summed E-state index contributed by atoms with van der Waals surface area (Å²) in [6.45, 7) is 0. The standard InChI is InChI=1S/C76H47N7O2/c1-84-49-35-37-69-59(42-49)60-43-50(85-2)36-38-70(60)83(69)76-74(81-65-31-15-7-23-55(65)56-24-8-16-32-66(56)81)72(79-61-27-11-3-19-51(61)52-20-4-12-28-62(52)79)71(48-40-46(44-77)39-47(41-48)45-78)73(80-63-29-13-5-21-53(63)54-22-6-14-30-64(54)80)75(76)82-67-33-17-9-25-57(67)58-26-10-18-34-68(58)82/h3-43H,1-2H3. The Kier molecular flexibility index (Phi) is 10.4. The van der Waals surface area contributed by atoms with Gasteiger partial charge in [0.1, 0.15) is 11.5 Å². The van der Waals surface area contributed by atoms with Crippen molar-refractivity contribution in [1.29, 1.82) is 10.5 Å². The smallest absolute Gasteiger partial charge is 0.119 e. The fourth-order valence-electron chi connectivity index (χ4n) is 14.1. The Morgan fingerprint density at radius 1 is 0.259 bits per heavy atom. The van der Waals surface area contributed by atoms with Crippen molar-refractivity contribution in [2.75, 3.05) is 14.2 Å². The molecule has 0 spiro atoms. The highest BCUT2D eigenvalue weighted by Gasteiger charge is 2.37. The lowest BCUT2D eigenvalue weighted by molar-refractivity contribution is 0.415. The van der Waals surface area contributed by atoms with E-state index in [4.69, 9.17) is 9.47 Å². The molecule has 0 saturated carbocycles. The van der Waals surface area contributed by atoms with Crippen LogP contribution >= 0.6 is 0 Å². The van der Waals surface area contributed by atoms with Gasteiger partial charge in [0.05, 0.1) is 121 Å². The van der Waals surface area contributed by atoms with Crippen LogP contribution in [-0.2, 0) is 0 Å². The first-order chi connectivity index (χ1) is 42.0. The minimum Gasteiger partial charge on any atom is -0.497 e. The number of rotatable bonds is 8. The number of nitriles is 2. The molecule has 9 heteroatoms. The number of hydrogen-bond donors (Lipinski definition) is 0. The summed E-state index contributed by atoms with van der Waals surface area (Å²) in [5.41, 5.74) is 16.2. The molecule has 9 nitrogen and oxygen atoms in total. The molecule has 0 fully saturated rings. The third-order valence-electron chi connectivity index (χ3n) is 17.5. The van der Waals surface area contributed by atoms with Gasteiger partial charge < -0.3 is 32.3 Å². The second kappa shape index (κ2) is 18.4. The molecule has 0 N–H and O–H groups in total. The normalized spacial score (nSPS) is 11.9. The van der Waals surface area contributed by atoms with E-state index in [-0.39, 0.29) is 0 Å². The van der Waals surface area contributed by atoms with E-state index >= 15 is 0 Å². The first-order valence-corrected chi connectivity index (χ1v) is 28.4. The fraction of sp³-hybridized carbons (Fsp3) is 0.0263. The zero-order valence-electron chi connectivity index (χ0n) is 46.1. The molecule has 0 aliphatic heterocycles. The predicted octanol–water partition coefficient (Wildman–Crippen LogP) is 18.6. The van der Waals surface area contributed by atoms with Crippen molar-refractivity contribution in [3.05, 3.63) is 260 Å². The second-order valence-electron chi connectivity index (χ2n) is 21.7. The highest BCUT2D eigenvalue weighted by molar-refractivity contribution is 6.19. The average molecular weight is 1090 g/mol. The Balaban J connectivity index is 1.30. The number of fused-ring (bicyclic) bond motifs is 15. The first kappa shape index (κ1) is 48.0. The molecule has 0 radical (unpaired) electrons. The Hall–Kier alpha value is -11.8. The van der Waals surface area contributed by atoms with E-state index in [2.05, 4.69) is 265 Å². The van der Waals surface area contributed by atoms with Crippen LogP contribution in [0.3, 0.4) is 0 Å². The maximum Gasteiger partial charge on any atom is 0.119 e. The van der Waals surface area contributed by atoms with Crippen molar-refractivity contribution in [2.24, 2.45) is 0 Å². The Bertz CT molecular complexity index is 5250. The summed E-state index contributed by atoms with van der Waals surface area (Å²) in [6.07, 6.45) is 0. The van der Waals surface area contributed by atoms with Gasteiger partial charge in [-0.3, -0.25) is 0 Å². The van der Waals surface area contributed by atoms with Crippen LogP contribution in [0.1, 0.15) is 11.1 Å². The van der Waals surface area contributed by atoms with Gasteiger partial charge in [-0.05, 0) is 109 Å². The molecule has 0 aliphatic rings.